The molecular weight excluding hydrogens is 342 g/mol. The second-order valence-electron chi connectivity index (χ2n) is 7.05. The van der Waals surface area contributed by atoms with Gasteiger partial charge in [0.25, 0.3) is 0 Å². The number of hydrogen-bond acceptors (Lipinski definition) is 1. The Morgan fingerprint density at radius 3 is 2.57 bits per heavy atom. The van der Waals surface area contributed by atoms with Crippen LogP contribution in [0.5, 0.6) is 0 Å². The summed E-state index contributed by atoms with van der Waals surface area (Å²) in [5, 5.41) is 1.19. The molecule has 3 heteroatoms. The van der Waals surface area contributed by atoms with E-state index in [1.807, 2.05) is 12.1 Å². The standard InChI is InChI=1S/C25H21N3/c1-3-17(2)19-13-14-28-23(16-19)27-24(25(28)18-9-5-4-6-10-18)22-15-20-11-7-8-12-21(20)26-22/h4-16,26H,2-3H2,1H3. The van der Waals surface area contributed by atoms with Gasteiger partial charge in [-0.25, -0.2) is 4.98 Å². The van der Waals surface area contributed by atoms with Gasteiger partial charge in [-0.05, 0) is 41.8 Å². The van der Waals surface area contributed by atoms with Crippen LogP contribution in [0.1, 0.15) is 18.9 Å². The van der Waals surface area contributed by atoms with Gasteiger partial charge in [0.1, 0.15) is 11.3 Å². The number of benzene rings is 2. The lowest BCUT2D eigenvalue weighted by atomic mass is 10.1. The first-order chi connectivity index (χ1) is 13.7. The largest absolute Gasteiger partial charge is 0.353 e. The van der Waals surface area contributed by atoms with E-state index < -0.39 is 0 Å². The number of rotatable bonds is 4. The lowest BCUT2D eigenvalue weighted by Crippen LogP contribution is -1.91. The quantitative estimate of drug-likeness (QED) is 0.385. The number of aromatic amines is 1. The highest BCUT2D eigenvalue weighted by Gasteiger charge is 2.18. The molecule has 3 nitrogen and oxygen atoms in total. The maximum Gasteiger partial charge on any atom is 0.138 e. The maximum absolute atomic E-state index is 5.02. The molecule has 5 rings (SSSR count). The summed E-state index contributed by atoms with van der Waals surface area (Å²) in [4.78, 5) is 8.56. The van der Waals surface area contributed by atoms with Gasteiger partial charge in [-0.3, -0.25) is 4.40 Å². The Bertz CT molecular complexity index is 1270. The normalized spacial score (nSPS) is 11.3. The molecule has 3 aromatic heterocycles. The number of H-pyrrole nitrogens is 1. The van der Waals surface area contributed by atoms with Crippen LogP contribution in [0.4, 0.5) is 0 Å². The van der Waals surface area contributed by atoms with E-state index in [9.17, 15) is 0 Å². The van der Waals surface area contributed by atoms with Gasteiger partial charge in [0.15, 0.2) is 0 Å². The van der Waals surface area contributed by atoms with Crippen molar-refractivity contribution in [3.63, 3.8) is 0 Å². The van der Waals surface area contributed by atoms with Crippen molar-refractivity contribution in [2.75, 3.05) is 0 Å². The predicted octanol–water partition coefficient (Wildman–Crippen LogP) is 6.57. The Labute approximate surface area is 164 Å². The van der Waals surface area contributed by atoms with Crippen LogP contribution >= 0.6 is 0 Å². The van der Waals surface area contributed by atoms with Gasteiger partial charge in [0.2, 0.25) is 0 Å². The monoisotopic (exact) mass is 363 g/mol. The first-order valence-corrected chi connectivity index (χ1v) is 9.58. The minimum Gasteiger partial charge on any atom is -0.353 e. The van der Waals surface area contributed by atoms with E-state index in [2.05, 4.69) is 89.7 Å². The summed E-state index contributed by atoms with van der Waals surface area (Å²) < 4.78 is 2.17. The Kier molecular flexibility index (Phi) is 3.87. The molecule has 0 aliphatic heterocycles. The molecule has 0 radical (unpaired) electrons. The molecule has 0 aliphatic carbocycles. The zero-order chi connectivity index (χ0) is 19.1. The van der Waals surface area contributed by atoms with Gasteiger partial charge in [0, 0.05) is 22.7 Å². The summed E-state index contributed by atoms with van der Waals surface area (Å²) in [5.41, 5.74) is 8.54. The van der Waals surface area contributed by atoms with Crippen molar-refractivity contribution in [3.8, 4) is 22.6 Å². The van der Waals surface area contributed by atoms with Crippen LogP contribution in [-0.4, -0.2) is 14.4 Å². The number of aromatic nitrogens is 3. The van der Waals surface area contributed by atoms with E-state index in [1.54, 1.807) is 0 Å². The van der Waals surface area contributed by atoms with E-state index in [0.29, 0.717) is 0 Å². The maximum atomic E-state index is 5.02. The summed E-state index contributed by atoms with van der Waals surface area (Å²) >= 11 is 0. The van der Waals surface area contributed by atoms with Crippen molar-refractivity contribution in [2.45, 2.75) is 13.3 Å². The van der Waals surface area contributed by atoms with Gasteiger partial charge in [-0.2, -0.15) is 0 Å². The number of para-hydroxylation sites is 1. The van der Waals surface area contributed by atoms with Crippen molar-refractivity contribution < 1.29 is 0 Å². The Balaban J connectivity index is 1.80. The van der Waals surface area contributed by atoms with E-state index in [1.165, 1.54) is 5.39 Å². The smallest absolute Gasteiger partial charge is 0.138 e. The molecule has 0 amide bonds. The van der Waals surface area contributed by atoms with Crippen molar-refractivity contribution in [3.05, 3.63) is 91.1 Å². The molecule has 0 fully saturated rings. The van der Waals surface area contributed by atoms with Crippen LogP contribution in [0.2, 0.25) is 0 Å². The Morgan fingerprint density at radius 1 is 1.00 bits per heavy atom. The molecule has 0 bridgehead atoms. The topological polar surface area (TPSA) is 33.1 Å². The van der Waals surface area contributed by atoms with Crippen LogP contribution < -0.4 is 0 Å². The highest BCUT2D eigenvalue weighted by Crippen LogP contribution is 2.34. The van der Waals surface area contributed by atoms with Gasteiger partial charge in [0.05, 0.1) is 11.4 Å². The third-order valence-corrected chi connectivity index (χ3v) is 5.29. The number of nitrogens with zero attached hydrogens (tertiary/aromatic N) is 2. The van der Waals surface area contributed by atoms with Gasteiger partial charge in [-0.1, -0.05) is 62.0 Å². The summed E-state index contributed by atoms with van der Waals surface area (Å²) in [5.74, 6) is 0. The van der Waals surface area contributed by atoms with Crippen molar-refractivity contribution in [1.29, 1.82) is 0 Å². The summed E-state index contributed by atoms with van der Waals surface area (Å²) in [7, 11) is 0. The molecule has 2 aromatic carbocycles. The number of imidazole rings is 1. The third-order valence-electron chi connectivity index (χ3n) is 5.29. The van der Waals surface area contributed by atoms with Gasteiger partial charge >= 0.3 is 0 Å². The molecule has 5 aromatic rings. The minimum absolute atomic E-state index is 0.928. The average molecular weight is 363 g/mol. The van der Waals surface area contributed by atoms with E-state index in [-0.39, 0.29) is 0 Å². The fourth-order valence-electron chi connectivity index (χ4n) is 3.73. The molecule has 136 valence electrons. The number of hydrogen-bond donors (Lipinski definition) is 1. The highest BCUT2D eigenvalue weighted by molar-refractivity contribution is 5.89. The number of allylic oxidation sites excluding steroid dienone is 1. The van der Waals surface area contributed by atoms with Gasteiger partial charge in [-0.15, -0.1) is 0 Å². The van der Waals surface area contributed by atoms with Crippen LogP contribution in [-0.2, 0) is 0 Å². The Morgan fingerprint density at radius 2 is 1.79 bits per heavy atom. The predicted molar refractivity (Wildman–Crippen MR) is 117 cm³/mol. The van der Waals surface area contributed by atoms with Crippen molar-refractivity contribution in [1.82, 2.24) is 14.4 Å². The second-order valence-corrected chi connectivity index (χ2v) is 7.05. The van der Waals surface area contributed by atoms with E-state index >= 15 is 0 Å². The fraction of sp³-hybridized carbons (Fsp3) is 0.0800. The number of pyridine rings is 1. The van der Waals surface area contributed by atoms with Crippen LogP contribution in [0.25, 0.3) is 44.8 Å². The van der Waals surface area contributed by atoms with Crippen LogP contribution in [0.15, 0.2) is 85.6 Å². The SMILES string of the molecule is C=C(CC)c1ccn2c(-c3ccccc3)c(-c3cc4ccccc4[nH]3)nc2c1. The summed E-state index contributed by atoms with van der Waals surface area (Å²) in [6.45, 7) is 6.31. The molecule has 0 saturated carbocycles. The third kappa shape index (κ3) is 2.64. The van der Waals surface area contributed by atoms with E-state index in [0.717, 1.165) is 51.4 Å². The molecule has 0 atom stereocenters. The first kappa shape index (κ1) is 16.6. The highest BCUT2D eigenvalue weighted by atomic mass is 15.0. The second kappa shape index (κ2) is 6.54. The van der Waals surface area contributed by atoms with E-state index in [4.69, 9.17) is 4.98 Å². The summed E-state index contributed by atoms with van der Waals surface area (Å²) in [6.07, 6.45) is 3.03. The molecular formula is C25H21N3. The molecule has 0 aliphatic rings. The zero-order valence-corrected chi connectivity index (χ0v) is 15.8. The van der Waals surface area contributed by atoms with Gasteiger partial charge < -0.3 is 4.98 Å². The summed E-state index contributed by atoms with van der Waals surface area (Å²) in [6, 6.07) is 25.2. The zero-order valence-electron chi connectivity index (χ0n) is 15.8. The number of fused-ring (bicyclic) bond motifs is 2. The molecule has 0 unspecified atom stereocenters. The average Bonchev–Trinajstić information content (AvgIpc) is 3.34. The fourth-order valence-corrected chi connectivity index (χ4v) is 3.73. The lowest BCUT2D eigenvalue weighted by molar-refractivity contribution is 1.17. The lowest BCUT2D eigenvalue weighted by Gasteiger charge is -2.06. The molecule has 3 heterocycles. The van der Waals surface area contributed by atoms with Crippen molar-refractivity contribution in [2.24, 2.45) is 0 Å². The molecule has 0 saturated heterocycles. The van der Waals surface area contributed by atoms with Crippen LogP contribution in [0.3, 0.4) is 0 Å². The van der Waals surface area contributed by atoms with Crippen molar-refractivity contribution >= 4 is 22.1 Å². The molecule has 1 N–H and O–H groups in total. The minimum atomic E-state index is 0.928. The first-order valence-electron chi connectivity index (χ1n) is 9.58. The molecule has 0 spiro atoms. The van der Waals surface area contributed by atoms with Crippen LogP contribution in [0, 0.1) is 0 Å². The molecule has 28 heavy (non-hydrogen) atoms. The number of nitrogens with one attached hydrogen (secondary N) is 1. The Hall–Kier alpha value is -3.59.